The Hall–Kier alpha value is -3.62. The lowest BCUT2D eigenvalue weighted by Gasteiger charge is -2.32. The van der Waals surface area contributed by atoms with Crippen LogP contribution in [-0.4, -0.2) is 65.4 Å². The molecule has 1 aliphatic heterocycles. The van der Waals surface area contributed by atoms with E-state index in [-0.39, 0.29) is 17.5 Å². The van der Waals surface area contributed by atoms with Crippen molar-refractivity contribution >= 4 is 11.8 Å². The lowest BCUT2D eigenvalue weighted by Crippen LogP contribution is -2.46. The third-order valence-corrected chi connectivity index (χ3v) is 5.59. The normalized spacial score (nSPS) is 14.1. The molecule has 1 saturated heterocycles. The van der Waals surface area contributed by atoms with Gasteiger partial charge in [-0.05, 0) is 49.1 Å². The third kappa shape index (κ3) is 5.35. The van der Waals surface area contributed by atoms with Crippen LogP contribution in [0.5, 0.6) is 28.7 Å². The number of carbonyl (C=O) groups is 2. The summed E-state index contributed by atoms with van der Waals surface area (Å²) in [5.74, 6) is -0.933. The zero-order chi connectivity index (χ0) is 23.3. The number of rotatable bonds is 7. The second-order valence-corrected chi connectivity index (χ2v) is 7.68. The lowest BCUT2D eigenvalue weighted by atomic mass is 10.0. The number of hydrogen-bond donors (Lipinski definition) is 4. The average molecular weight is 444 g/mol. The molecule has 0 atom stereocenters. The second-order valence-electron chi connectivity index (χ2n) is 7.68. The monoisotopic (exact) mass is 444 g/mol. The second kappa shape index (κ2) is 10.1. The number of hydrogen-bond acceptors (Lipinski definition) is 7. The van der Waals surface area contributed by atoms with Crippen molar-refractivity contribution in [2.45, 2.75) is 31.7 Å². The van der Waals surface area contributed by atoms with E-state index in [1.54, 1.807) is 19.1 Å². The Morgan fingerprint density at radius 1 is 1.00 bits per heavy atom. The highest BCUT2D eigenvalue weighted by atomic mass is 16.5. The number of methoxy groups -OCH3 is 2. The Morgan fingerprint density at radius 2 is 1.62 bits per heavy atom. The maximum absolute atomic E-state index is 12.6. The zero-order valence-electron chi connectivity index (χ0n) is 18.1. The predicted octanol–water partition coefficient (Wildman–Crippen LogP) is 2.17. The van der Waals surface area contributed by atoms with Crippen LogP contribution >= 0.6 is 0 Å². The molecule has 0 radical (unpaired) electrons. The summed E-state index contributed by atoms with van der Waals surface area (Å²) in [6.07, 6.45) is 2.16. The molecule has 0 bridgehead atoms. The predicted molar refractivity (Wildman–Crippen MR) is 116 cm³/mol. The first kappa shape index (κ1) is 23.1. The van der Waals surface area contributed by atoms with Gasteiger partial charge in [0.25, 0.3) is 5.91 Å². The van der Waals surface area contributed by atoms with Gasteiger partial charge in [0, 0.05) is 31.1 Å². The maximum atomic E-state index is 12.6. The molecule has 32 heavy (non-hydrogen) atoms. The maximum Gasteiger partial charge on any atom is 0.251 e. The largest absolute Gasteiger partial charge is 0.504 e. The van der Waals surface area contributed by atoms with Crippen molar-refractivity contribution < 1.29 is 34.4 Å². The molecular formula is C23H28N2O7. The van der Waals surface area contributed by atoms with Crippen LogP contribution in [0.3, 0.4) is 0 Å². The van der Waals surface area contributed by atoms with Crippen molar-refractivity contribution in [1.29, 1.82) is 0 Å². The number of benzene rings is 2. The van der Waals surface area contributed by atoms with E-state index in [0.717, 1.165) is 17.7 Å². The molecule has 3 rings (SSSR count). The van der Waals surface area contributed by atoms with Crippen LogP contribution < -0.4 is 14.8 Å². The molecule has 4 N–H and O–H groups in total. The van der Waals surface area contributed by atoms with E-state index >= 15 is 0 Å². The summed E-state index contributed by atoms with van der Waals surface area (Å²) in [5.41, 5.74) is 1.03. The topological polar surface area (TPSA) is 129 Å². The van der Waals surface area contributed by atoms with Gasteiger partial charge in [0.2, 0.25) is 5.91 Å². The van der Waals surface area contributed by atoms with Crippen LogP contribution in [0.15, 0.2) is 30.3 Å². The number of aryl methyl sites for hydroxylation is 1. The molecule has 172 valence electrons. The molecule has 2 aromatic rings. The number of aromatic hydroxyl groups is 3. The number of piperidine rings is 1. The molecule has 2 aromatic carbocycles. The third-order valence-electron chi connectivity index (χ3n) is 5.59. The van der Waals surface area contributed by atoms with Gasteiger partial charge in [0.15, 0.2) is 28.7 Å². The van der Waals surface area contributed by atoms with E-state index in [2.05, 4.69) is 5.32 Å². The number of nitrogens with one attached hydrogen (secondary N) is 1. The number of nitrogens with zero attached hydrogens (tertiary/aromatic N) is 1. The Labute approximate surface area is 186 Å². The Balaban J connectivity index is 1.48. The fourth-order valence-corrected chi connectivity index (χ4v) is 3.72. The lowest BCUT2D eigenvalue weighted by molar-refractivity contribution is -0.132. The average Bonchev–Trinajstić information content (AvgIpc) is 2.80. The van der Waals surface area contributed by atoms with Gasteiger partial charge in [0.1, 0.15) is 0 Å². The van der Waals surface area contributed by atoms with E-state index in [9.17, 15) is 24.9 Å². The van der Waals surface area contributed by atoms with Crippen molar-refractivity contribution in [2.24, 2.45) is 0 Å². The first-order chi connectivity index (χ1) is 15.3. The van der Waals surface area contributed by atoms with E-state index in [4.69, 9.17) is 9.47 Å². The molecule has 0 aliphatic carbocycles. The van der Waals surface area contributed by atoms with Crippen molar-refractivity contribution in [3.05, 3.63) is 41.5 Å². The van der Waals surface area contributed by atoms with Crippen LogP contribution in [0.1, 0.15) is 35.2 Å². The van der Waals surface area contributed by atoms with Crippen LogP contribution in [-0.2, 0) is 11.2 Å². The number of phenolic OH excluding ortho intramolecular Hbond substituents is 3. The first-order valence-corrected chi connectivity index (χ1v) is 10.4. The SMILES string of the molecule is COc1ccc(CCC(=O)N2CCC(NC(=O)c3cc(O)c(O)c(O)c3)CC2)cc1OC. The summed E-state index contributed by atoms with van der Waals surface area (Å²) in [4.78, 5) is 26.8. The van der Waals surface area contributed by atoms with Gasteiger partial charge in [0.05, 0.1) is 14.2 Å². The molecule has 0 unspecified atom stereocenters. The van der Waals surface area contributed by atoms with Crippen LogP contribution in [0.4, 0.5) is 0 Å². The molecular weight excluding hydrogens is 416 g/mol. The van der Waals surface area contributed by atoms with Crippen molar-refractivity contribution in [2.75, 3.05) is 27.3 Å². The molecule has 9 heteroatoms. The van der Waals surface area contributed by atoms with Crippen LogP contribution in [0.2, 0.25) is 0 Å². The summed E-state index contributed by atoms with van der Waals surface area (Å²) in [7, 11) is 3.15. The Kier molecular flexibility index (Phi) is 7.29. The van der Waals surface area contributed by atoms with Gasteiger partial charge in [-0.3, -0.25) is 9.59 Å². The molecule has 1 heterocycles. The molecule has 0 spiro atoms. The van der Waals surface area contributed by atoms with Gasteiger partial charge in [-0.15, -0.1) is 0 Å². The summed E-state index contributed by atoms with van der Waals surface area (Å²) < 4.78 is 10.5. The Morgan fingerprint density at radius 3 is 2.22 bits per heavy atom. The van der Waals surface area contributed by atoms with E-state index in [1.165, 1.54) is 0 Å². The fourth-order valence-electron chi connectivity index (χ4n) is 3.72. The Bertz CT molecular complexity index is 961. The molecule has 2 amide bonds. The van der Waals surface area contributed by atoms with Crippen molar-refractivity contribution in [1.82, 2.24) is 10.2 Å². The number of ether oxygens (including phenoxy) is 2. The van der Waals surface area contributed by atoms with Crippen molar-refractivity contribution in [3.63, 3.8) is 0 Å². The first-order valence-electron chi connectivity index (χ1n) is 10.4. The van der Waals surface area contributed by atoms with Crippen molar-refractivity contribution in [3.8, 4) is 28.7 Å². The molecule has 0 aromatic heterocycles. The van der Waals surface area contributed by atoms with E-state index in [0.29, 0.717) is 50.3 Å². The quantitative estimate of drug-likeness (QED) is 0.482. The zero-order valence-corrected chi connectivity index (χ0v) is 18.1. The minimum Gasteiger partial charge on any atom is -0.504 e. The summed E-state index contributed by atoms with van der Waals surface area (Å²) in [6, 6.07) is 7.66. The highest BCUT2D eigenvalue weighted by molar-refractivity contribution is 5.95. The van der Waals surface area contributed by atoms with Crippen LogP contribution in [0.25, 0.3) is 0 Å². The fraction of sp³-hybridized carbons (Fsp3) is 0.391. The summed E-state index contributed by atoms with van der Waals surface area (Å²) in [5, 5.41) is 31.4. The number of amides is 2. The van der Waals surface area contributed by atoms with Gasteiger partial charge in [-0.2, -0.15) is 0 Å². The van der Waals surface area contributed by atoms with Gasteiger partial charge < -0.3 is 35.0 Å². The highest BCUT2D eigenvalue weighted by Crippen LogP contribution is 2.35. The summed E-state index contributed by atoms with van der Waals surface area (Å²) in [6.45, 7) is 1.06. The highest BCUT2D eigenvalue weighted by Gasteiger charge is 2.24. The molecule has 1 fully saturated rings. The van der Waals surface area contributed by atoms with Crippen LogP contribution in [0, 0.1) is 0 Å². The molecule has 0 saturated carbocycles. The summed E-state index contributed by atoms with van der Waals surface area (Å²) >= 11 is 0. The molecule has 9 nitrogen and oxygen atoms in total. The van der Waals surface area contributed by atoms with E-state index < -0.39 is 23.2 Å². The number of likely N-dealkylation sites (tertiary alicyclic amines) is 1. The molecule has 1 aliphatic rings. The van der Waals surface area contributed by atoms with Gasteiger partial charge >= 0.3 is 0 Å². The van der Waals surface area contributed by atoms with E-state index in [1.807, 2.05) is 18.2 Å². The minimum absolute atomic E-state index is 0.0474. The number of carbonyl (C=O) groups excluding carboxylic acids is 2. The standard InChI is InChI=1S/C23H28N2O7/c1-31-19-5-3-14(11-20(19)32-2)4-6-21(28)25-9-7-16(8-10-25)24-23(30)15-12-17(26)22(29)18(27)13-15/h3,5,11-13,16,26-27,29H,4,6-10H2,1-2H3,(H,24,30). The minimum atomic E-state index is -0.665. The van der Waals surface area contributed by atoms with Gasteiger partial charge in [-0.25, -0.2) is 0 Å². The van der Waals surface area contributed by atoms with Gasteiger partial charge in [-0.1, -0.05) is 6.07 Å². The number of phenols is 3. The smallest absolute Gasteiger partial charge is 0.251 e.